The molecular weight excluding hydrogens is 428 g/mol. The summed E-state index contributed by atoms with van der Waals surface area (Å²) < 4.78 is 10.2. The smallest absolute Gasteiger partial charge is 0.337 e. The first-order chi connectivity index (χ1) is 15.5. The highest BCUT2D eigenvalue weighted by atomic mass is 35.5. The number of imidazole rings is 1. The van der Waals surface area contributed by atoms with Gasteiger partial charge in [-0.25, -0.2) is 14.3 Å². The minimum atomic E-state index is -0.443. The standard InChI is InChI=1S/C24H25ClN4O3/c1-17(2)12-13-28-23(30)21-22(29(24(28)31)20-11-7-6-10-19(20)25)26-16-27(21)14-15-32-18-8-4-3-5-9-18/h3-11,16-17H,12-15H2,1-2H3. The van der Waals surface area contributed by atoms with Crippen molar-refractivity contribution in [2.24, 2.45) is 5.92 Å². The third-order valence-electron chi connectivity index (χ3n) is 5.27. The van der Waals surface area contributed by atoms with E-state index in [2.05, 4.69) is 18.8 Å². The topological polar surface area (TPSA) is 71.0 Å². The van der Waals surface area contributed by atoms with Gasteiger partial charge in [-0.3, -0.25) is 9.36 Å². The molecule has 0 spiro atoms. The van der Waals surface area contributed by atoms with Crippen LogP contribution in [0.15, 0.2) is 70.5 Å². The van der Waals surface area contributed by atoms with Crippen LogP contribution in [0.5, 0.6) is 5.75 Å². The molecule has 7 nitrogen and oxygen atoms in total. The molecule has 0 N–H and O–H groups in total. The number of halogens is 1. The van der Waals surface area contributed by atoms with E-state index in [1.54, 1.807) is 35.2 Å². The van der Waals surface area contributed by atoms with Crippen molar-refractivity contribution in [2.75, 3.05) is 6.61 Å². The summed E-state index contributed by atoms with van der Waals surface area (Å²) in [5.74, 6) is 1.09. The van der Waals surface area contributed by atoms with E-state index >= 15 is 0 Å². The SMILES string of the molecule is CC(C)CCn1c(=O)c2c(ncn2CCOc2ccccc2)n(-c2ccccc2Cl)c1=O. The molecule has 2 aromatic heterocycles. The van der Waals surface area contributed by atoms with E-state index in [0.29, 0.717) is 48.3 Å². The van der Waals surface area contributed by atoms with Crippen molar-refractivity contribution < 1.29 is 4.74 Å². The van der Waals surface area contributed by atoms with Crippen molar-refractivity contribution in [1.82, 2.24) is 18.7 Å². The lowest BCUT2D eigenvalue weighted by Gasteiger charge is -2.14. The van der Waals surface area contributed by atoms with Crippen LogP contribution in [-0.2, 0) is 13.1 Å². The van der Waals surface area contributed by atoms with Crippen molar-refractivity contribution in [2.45, 2.75) is 33.4 Å². The second-order valence-electron chi connectivity index (χ2n) is 7.98. The Hall–Kier alpha value is -3.32. The monoisotopic (exact) mass is 452 g/mol. The number of hydrogen-bond acceptors (Lipinski definition) is 4. The molecule has 4 rings (SSSR count). The van der Waals surface area contributed by atoms with Crippen molar-refractivity contribution >= 4 is 22.8 Å². The first-order valence-corrected chi connectivity index (χ1v) is 11.0. The summed E-state index contributed by atoms with van der Waals surface area (Å²) in [5.41, 5.74) is 0.333. The Kier molecular flexibility index (Phi) is 6.46. The zero-order valence-electron chi connectivity index (χ0n) is 18.1. The summed E-state index contributed by atoms with van der Waals surface area (Å²) in [6, 6.07) is 16.5. The van der Waals surface area contributed by atoms with E-state index < -0.39 is 5.69 Å². The molecule has 0 aliphatic heterocycles. The number of rotatable bonds is 8. The molecule has 0 aliphatic rings. The van der Waals surface area contributed by atoms with Crippen LogP contribution in [0.2, 0.25) is 5.02 Å². The lowest BCUT2D eigenvalue weighted by molar-refractivity contribution is 0.300. The minimum absolute atomic E-state index is 0.286. The van der Waals surface area contributed by atoms with Gasteiger partial charge in [0.05, 0.1) is 23.6 Å². The fraction of sp³-hybridized carbons (Fsp3) is 0.292. The molecule has 2 aromatic carbocycles. The normalized spacial score (nSPS) is 11.4. The van der Waals surface area contributed by atoms with E-state index in [9.17, 15) is 9.59 Å². The zero-order chi connectivity index (χ0) is 22.7. The Bertz CT molecular complexity index is 1340. The third kappa shape index (κ3) is 4.34. The van der Waals surface area contributed by atoms with Crippen LogP contribution in [0.3, 0.4) is 0 Å². The Labute approximate surface area is 190 Å². The molecule has 0 fully saturated rings. The summed E-state index contributed by atoms with van der Waals surface area (Å²) >= 11 is 6.41. The molecule has 0 saturated carbocycles. The lowest BCUT2D eigenvalue weighted by Crippen LogP contribution is -2.40. The first-order valence-electron chi connectivity index (χ1n) is 10.6. The number of fused-ring (bicyclic) bond motifs is 1. The number of ether oxygens (including phenoxy) is 1. The van der Waals surface area contributed by atoms with Gasteiger partial charge in [0.1, 0.15) is 12.4 Å². The lowest BCUT2D eigenvalue weighted by atomic mass is 10.1. The van der Waals surface area contributed by atoms with Gasteiger partial charge in [-0.15, -0.1) is 0 Å². The minimum Gasteiger partial charge on any atom is -0.492 e. The summed E-state index contributed by atoms with van der Waals surface area (Å²) in [7, 11) is 0. The maximum absolute atomic E-state index is 13.4. The third-order valence-corrected chi connectivity index (χ3v) is 5.59. The van der Waals surface area contributed by atoms with Gasteiger partial charge in [0.2, 0.25) is 0 Å². The fourth-order valence-electron chi connectivity index (χ4n) is 3.56. The number of para-hydroxylation sites is 2. The Morgan fingerprint density at radius 3 is 2.44 bits per heavy atom. The number of hydrogen-bond donors (Lipinski definition) is 0. The average molecular weight is 453 g/mol. The van der Waals surface area contributed by atoms with Crippen LogP contribution in [0.25, 0.3) is 16.9 Å². The largest absolute Gasteiger partial charge is 0.492 e. The molecule has 8 heteroatoms. The second kappa shape index (κ2) is 9.44. The molecule has 2 heterocycles. The van der Waals surface area contributed by atoms with Crippen LogP contribution in [0.4, 0.5) is 0 Å². The number of nitrogens with zero attached hydrogens (tertiary/aromatic N) is 4. The van der Waals surface area contributed by atoms with Crippen molar-refractivity contribution in [3.8, 4) is 11.4 Å². The van der Waals surface area contributed by atoms with Gasteiger partial charge in [-0.2, -0.15) is 0 Å². The molecule has 0 saturated heterocycles. The quantitative estimate of drug-likeness (QED) is 0.403. The van der Waals surface area contributed by atoms with E-state index in [1.165, 1.54) is 9.13 Å². The predicted molar refractivity (Wildman–Crippen MR) is 126 cm³/mol. The first kappa shape index (κ1) is 21.9. The molecule has 0 unspecified atom stereocenters. The van der Waals surface area contributed by atoms with Gasteiger partial charge >= 0.3 is 5.69 Å². The van der Waals surface area contributed by atoms with Gasteiger partial charge in [-0.05, 0) is 36.6 Å². The van der Waals surface area contributed by atoms with Gasteiger partial charge in [-0.1, -0.05) is 55.8 Å². The Morgan fingerprint density at radius 1 is 1.00 bits per heavy atom. The highest BCUT2D eigenvalue weighted by molar-refractivity contribution is 6.32. The molecule has 0 radical (unpaired) electrons. The van der Waals surface area contributed by atoms with Crippen LogP contribution in [-0.4, -0.2) is 25.3 Å². The van der Waals surface area contributed by atoms with Gasteiger partial charge in [0.25, 0.3) is 5.56 Å². The van der Waals surface area contributed by atoms with E-state index in [4.69, 9.17) is 16.3 Å². The summed E-state index contributed by atoms with van der Waals surface area (Å²) in [6.07, 6.45) is 2.27. The maximum atomic E-state index is 13.4. The number of aromatic nitrogens is 4. The van der Waals surface area contributed by atoms with Gasteiger partial charge in [0, 0.05) is 6.54 Å². The summed E-state index contributed by atoms with van der Waals surface area (Å²) in [5, 5.41) is 0.409. The van der Waals surface area contributed by atoms with Crippen molar-refractivity contribution in [3.63, 3.8) is 0 Å². The predicted octanol–water partition coefficient (Wildman–Crippen LogP) is 4.13. The van der Waals surface area contributed by atoms with E-state index in [1.807, 2.05) is 30.3 Å². The molecule has 32 heavy (non-hydrogen) atoms. The highest BCUT2D eigenvalue weighted by Gasteiger charge is 2.20. The average Bonchev–Trinajstić information content (AvgIpc) is 3.19. The summed E-state index contributed by atoms with van der Waals surface area (Å²) in [4.78, 5) is 31.1. The second-order valence-corrected chi connectivity index (χ2v) is 8.39. The molecule has 0 amide bonds. The van der Waals surface area contributed by atoms with Crippen molar-refractivity contribution in [1.29, 1.82) is 0 Å². The highest BCUT2D eigenvalue weighted by Crippen LogP contribution is 2.21. The molecule has 166 valence electrons. The maximum Gasteiger partial charge on any atom is 0.337 e. The Morgan fingerprint density at radius 2 is 1.72 bits per heavy atom. The molecule has 4 aromatic rings. The molecule has 0 aliphatic carbocycles. The van der Waals surface area contributed by atoms with E-state index in [-0.39, 0.29) is 11.2 Å². The van der Waals surface area contributed by atoms with Crippen LogP contribution in [0, 0.1) is 5.92 Å². The van der Waals surface area contributed by atoms with Crippen LogP contribution in [0.1, 0.15) is 20.3 Å². The van der Waals surface area contributed by atoms with E-state index in [0.717, 1.165) is 5.75 Å². The summed E-state index contributed by atoms with van der Waals surface area (Å²) in [6.45, 7) is 5.20. The Balaban J connectivity index is 1.81. The molecule has 0 bridgehead atoms. The number of benzene rings is 2. The van der Waals surface area contributed by atoms with Crippen LogP contribution < -0.4 is 16.0 Å². The van der Waals surface area contributed by atoms with Crippen LogP contribution >= 0.6 is 11.6 Å². The molecular formula is C24H25ClN4O3. The fourth-order valence-corrected chi connectivity index (χ4v) is 3.78. The zero-order valence-corrected chi connectivity index (χ0v) is 18.8. The van der Waals surface area contributed by atoms with Gasteiger partial charge in [0.15, 0.2) is 11.2 Å². The van der Waals surface area contributed by atoms with Gasteiger partial charge < -0.3 is 9.30 Å². The molecule has 0 atom stereocenters. The van der Waals surface area contributed by atoms with Crippen molar-refractivity contribution in [3.05, 3.63) is 86.8 Å².